The third-order valence-electron chi connectivity index (χ3n) is 6.37. The third kappa shape index (κ3) is 4.73. The maximum absolute atomic E-state index is 12.5. The molecule has 0 radical (unpaired) electrons. The van der Waals surface area contributed by atoms with Crippen molar-refractivity contribution < 1.29 is 27.8 Å². The van der Waals surface area contributed by atoms with Gasteiger partial charge in [0.05, 0.1) is 12.1 Å². The summed E-state index contributed by atoms with van der Waals surface area (Å²) in [6, 6.07) is 5.89. The number of nitrogens with one attached hydrogen (secondary N) is 1. The fourth-order valence-corrected chi connectivity index (χ4v) is 7.51. The molecule has 29 heavy (non-hydrogen) atoms. The van der Waals surface area contributed by atoms with Crippen molar-refractivity contribution in [3.05, 3.63) is 24.3 Å². The highest BCUT2D eigenvalue weighted by atomic mass is 79.9. The molecule has 4 aliphatic carbocycles. The van der Waals surface area contributed by atoms with Crippen molar-refractivity contribution >= 4 is 33.5 Å². The monoisotopic (exact) mass is 471 g/mol. The molecule has 4 bridgehead atoms. The summed E-state index contributed by atoms with van der Waals surface area (Å²) >= 11 is 3.92. The molecule has 0 saturated heterocycles. The quantitative estimate of drug-likeness (QED) is 0.453. The largest absolute Gasteiger partial charge is 0.456 e. The van der Waals surface area contributed by atoms with E-state index in [2.05, 4.69) is 26.0 Å². The number of hydrogen-bond donors (Lipinski definition) is 1. The predicted molar refractivity (Wildman–Crippen MR) is 106 cm³/mol. The first-order valence-electron chi connectivity index (χ1n) is 9.93. The summed E-state index contributed by atoms with van der Waals surface area (Å²) in [5, 5.41) is 2.45. The Labute approximate surface area is 176 Å². The molecule has 4 aliphatic rings. The van der Waals surface area contributed by atoms with Crippen LogP contribution < -0.4 is 10.1 Å². The molecule has 4 saturated carbocycles. The second-order valence-electron chi connectivity index (χ2n) is 8.87. The number of benzene rings is 1. The summed E-state index contributed by atoms with van der Waals surface area (Å²) in [7, 11) is 0. The number of esters is 1. The van der Waals surface area contributed by atoms with Crippen LogP contribution in [0.25, 0.3) is 0 Å². The summed E-state index contributed by atoms with van der Waals surface area (Å²) in [6.07, 6.45) is 7.03. The second-order valence-corrected chi connectivity index (χ2v) is 10.6. The van der Waals surface area contributed by atoms with Crippen molar-refractivity contribution in [2.24, 2.45) is 17.3 Å². The van der Waals surface area contributed by atoms with Crippen LogP contribution in [0.2, 0.25) is 0 Å². The Bertz CT molecular complexity index is 789. The molecule has 4 atom stereocenters. The minimum Gasteiger partial charge on any atom is -0.456 e. The van der Waals surface area contributed by atoms with Crippen molar-refractivity contribution in [1.82, 2.24) is 0 Å². The highest BCUT2D eigenvalue weighted by molar-refractivity contribution is 9.10. The zero-order valence-electron chi connectivity index (χ0n) is 16.0. The lowest BCUT2D eigenvalue weighted by atomic mass is 9.49. The first-order valence-corrected chi connectivity index (χ1v) is 10.7. The fraction of sp³-hybridized carbons (Fsp3) is 0.619. The smallest absolute Gasteiger partial charge is 0.387 e. The average Bonchev–Trinajstić information content (AvgIpc) is 2.58. The van der Waals surface area contributed by atoms with Gasteiger partial charge in [-0.1, -0.05) is 28.1 Å². The van der Waals surface area contributed by atoms with E-state index in [1.807, 2.05) is 0 Å². The number of alkyl halides is 3. The maximum Gasteiger partial charge on any atom is 0.387 e. The molecule has 8 heteroatoms. The van der Waals surface area contributed by atoms with Crippen molar-refractivity contribution in [2.75, 3.05) is 11.9 Å². The van der Waals surface area contributed by atoms with Crippen molar-refractivity contribution in [1.29, 1.82) is 0 Å². The number of carbonyl (C=O) groups is 2. The highest BCUT2D eigenvalue weighted by Crippen LogP contribution is 2.65. The van der Waals surface area contributed by atoms with Crippen LogP contribution in [0.3, 0.4) is 0 Å². The van der Waals surface area contributed by atoms with Gasteiger partial charge in [-0.2, -0.15) is 8.78 Å². The molecule has 0 spiro atoms. The van der Waals surface area contributed by atoms with Crippen molar-refractivity contribution in [2.45, 2.75) is 55.9 Å². The molecule has 0 aromatic heterocycles. The van der Waals surface area contributed by atoms with Gasteiger partial charge < -0.3 is 14.8 Å². The van der Waals surface area contributed by atoms with E-state index in [9.17, 15) is 18.4 Å². The Morgan fingerprint density at radius 2 is 1.86 bits per heavy atom. The Morgan fingerprint density at radius 1 is 1.17 bits per heavy atom. The van der Waals surface area contributed by atoms with E-state index in [0.717, 1.165) is 19.3 Å². The number of ether oxygens (including phenoxy) is 2. The standard InChI is InChI=1S/C21H24BrF2NO4/c22-21-8-13-5-14(9-21)7-20(6-13,12-21)10-18(27)28-11-17(26)25-15-3-1-2-4-16(15)29-19(23)24/h1-4,13-14,19H,5-12H2,(H,25,26)/t13-,14+,20?,21?. The first kappa shape index (κ1) is 20.6. The Kier molecular flexibility index (Phi) is 5.57. The number of hydrogen-bond acceptors (Lipinski definition) is 4. The number of para-hydroxylation sites is 2. The Hall–Kier alpha value is -1.70. The minimum absolute atomic E-state index is 0.0289. The summed E-state index contributed by atoms with van der Waals surface area (Å²) in [4.78, 5) is 24.6. The lowest BCUT2D eigenvalue weighted by molar-refractivity contribution is -0.153. The first-order chi connectivity index (χ1) is 13.7. The molecule has 158 valence electrons. The van der Waals surface area contributed by atoms with Gasteiger partial charge in [-0.3, -0.25) is 9.59 Å². The van der Waals surface area contributed by atoms with Gasteiger partial charge in [0.2, 0.25) is 0 Å². The van der Waals surface area contributed by atoms with Gasteiger partial charge >= 0.3 is 12.6 Å². The van der Waals surface area contributed by atoms with E-state index in [4.69, 9.17) is 4.74 Å². The van der Waals surface area contributed by atoms with Gasteiger partial charge in [0.15, 0.2) is 6.61 Å². The van der Waals surface area contributed by atoms with Crippen LogP contribution in [-0.4, -0.2) is 29.4 Å². The van der Waals surface area contributed by atoms with Gasteiger partial charge in [-0.05, 0) is 67.9 Å². The van der Waals surface area contributed by atoms with E-state index in [-0.39, 0.29) is 27.1 Å². The summed E-state index contributed by atoms with van der Waals surface area (Å²) in [5.74, 6) is 0.218. The van der Waals surface area contributed by atoms with Gasteiger partial charge in [-0.15, -0.1) is 0 Å². The number of amides is 1. The number of carbonyl (C=O) groups excluding carboxylic acids is 2. The lowest BCUT2D eigenvalue weighted by Gasteiger charge is -2.60. The summed E-state index contributed by atoms with van der Waals surface area (Å²) in [6.45, 7) is -3.45. The number of anilines is 1. The predicted octanol–water partition coefficient (Wildman–Crippen LogP) is 4.89. The number of rotatable bonds is 7. The van der Waals surface area contributed by atoms with Crippen LogP contribution >= 0.6 is 15.9 Å². The zero-order valence-corrected chi connectivity index (χ0v) is 17.6. The molecule has 1 N–H and O–H groups in total. The van der Waals surface area contributed by atoms with Gasteiger partial charge in [-0.25, -0.2) is 0 Å². The van der Waals surface area contributed by atoms with Gasteiger partial charge in [0, 0.05) is 4.32 Å². The number of halogens is 3. The van der Waals surface area contributed by atoms with Crippen LogP contribution in [-0.2, 0) is 14.3 Å². The Morgan fingerprint density at radius 3 is 2.52 bits per heavy atom. The molecule has 0 heterocycles. The van der Waals surface area contributed by atoms with E-state index >= 15 is 0 Å². The third-order valence-corrected chi connectivity index (χ3v) is 7.30. The van der Waals surface area contributed by atoms with E-state index in [1.165, 1.54) is 37.5 Å². The summed E-state index contributed by atoms with van der Waals surface area (Å²) in [5.41, 5.74) is 0.0786. The Balaban J connectivity index is 1.30. The average molecular weight is 472 g/mol. The molecule has 4 fully saturated rings. The summed E-state index contributed by atoms with van der Waals surface area (Å²) < 4.78 is 34.7. The molecular weight excluding hydrogens is 448 g/mol. The molecular formula is C21H24BrF2NO4. The van der Waals surface area contributed by atoms with Gasteiger partial charge in [0.25, 0.3) is 5.91 Å². The lowest BCUT2D eigenvalue weighted by Crippen LogP contribution is -2.53. The van der Waals surface area contributed by atoms with Crippen molar-refractivity contribution in [3.8, 4) is 5.75 Å². The van der Waals surface area contributed by atoms with Gasteiger partial charge in [0.1, 0.15) is 5.75 Å². The van der Waals surface area contributed by atoms with Crippen LogP contribution in [0.1, 0.15) is 44.9 Å². The second kappa shape index (κ2) is 7.85. The fourth-order valence-electron chi connectivity index (χ4n) is 6.00. The molecule has 0 aliphatic heterocycles. The van der Waals surface area contributed by atoms with Crippen LogP contribution in [0.5, 0.6) is 5.75 Å². The molecule has 1 amide bonds. The highest BCUT2D eigenvalue weighted by Gasteiger charge is 2.57. The minimum atomic E-state index is -3.00. The van der Waals surface area contributed by atoms with E-state index in [0.29, 0.717) is 18.3 Å². The van der Waals surface area contributed by atoms with Crippen molar-refractivity contribution in [3.63, 3.8) is 0 Å². The molecule has 1 aromatic rings. The normalized spacial score (nSPS) is 32.3. The van der Waals surface area contributed by atoms with Crippen LogP contribution in [0, 0.1) is 17.3 Å². The SMILES string of the molecule is O=C(COC(=O)CC12C[C@@H]3C[C@@H](CC(Br)(C3)C1)C2)Nc1ccccc1OC(F)F. The molecule has 2 unspecified atom stereocenters. The zero-order chi connectivity index (χ0) is 20.6. The van der Waals surface area contributed by atoms with E-state index < -0.39 is 19.1 Å². The van der Waals surface area contributed by atoms with E-state index in [1.54, 1.807) is 6.07 Å². The molecule has 1 aromatic carbocycles. The van der Waals surface area contributed by atoms with Crippen LogP contribution in [0.4, 0.5) is 14.5 Å². The topological polar surface area (TPSA) is 64.6 Å². The molecule has 5 rings (SSSR count). The molecule has 5 nitrogen and oxygen atoms in total. The maximum atomic E-state index is 12.5. The van der Waals surface area contributed by atoms with Crippen LogP contribution in [0.15, 0.2) is 24.3 Å².